The summed E-state index contributed by atoms with van der Waals surface area (Å²) in [6.45, 7) is 5.36. The van der Waals surface area contributed by atoms with E-state index in [2.05, 4.69) is 13.8 Å². The van der Waals surface area contributed by atoms with E-state index < -0.39 is 0 Å². The molecule has 1 fully saturated rings. The Kier molecular flexibility index (Phi) is 11.4. The monoisotopic (exact) mass is 406 g/mol. The first-order valence-corrected chi connectivity index (χ1v) is 12.2. The first kappa shape index (κ1) is 24.0. The second-order valence-corrected chi connectivity index (χ2v) is 8.84. The van der Waals surface area contributed by atoms with E-state index >= 15 is 0 Å². The second-order valence-electron chi connectivity index (χ2n) is 8.84. The zero-order valence-electron chi connectivity index (χ0n) is 18.8. The lowest BCUT2D eigenvalue weighted by atomic mass is 9.86. The van der Waals surface area contributed by atoms with Crippen LogP contribution in [0.3, 0.4) is 0 Å². The van der Waals surface area contributed by atoms with Crippen molar-refractivity contribution in [2.24, 2.45) is 11.8 Å². The third kappa shape index (κ3) is 7.79. The number of rotatable bonds is 16. The summed E-state index contributed by atoms with van der Waals surface area (Å²) in [4.78, 5) is 25.4. The molecule has 0 amide bonds. The fourth-order valence-electron chi connectivity index (χ4n) is 4.72. The Morgan fingerprint density at radius 2 is 1.34 bits per heavy atom. The quantitative estimate of drug-likeness (QED) is 0.216. The molecule has 2 bridgehead atoms. The maximum absolute atomic E-state index is 12.7. The molecule has 2 atom stereocenters. The van der Waals surface area contributed by atoms with E-state index in [-0.39, 0.29) is 23.8 Å². The van der Waals surface area contributed by atoms with Gasteiger partial charge in [0, 0.05) is 0 Å². The van der Waals surface area contributed by atoms with E-state index in [1.165, 1.54) is 51.4 Å². The lowest BCUT2D eigenvalue weighted by Gasteiger charge is -2.22. The van der Waals surface area contributed by atoms with Crippen LogP contribution in [-0.2, 0) is 19.1 Å². The van der Waals surface area contributed by atoms with Crippen LogP contribution in [0.15, 0.2) is 11.1 Å². The van der Waals surface area contributed by atoms with Crippen LogP contribution in [0.5, 0.6) is 0 Å². The van der Waals surface area contributed by atoms with Crippen LogP contribution in [0.4, 0.5) is 0 Å². The van der Waals surface area contributed by atoms with Gasteiger partial charge >= 0.3 is 11.9 Å². The molecule has 2 aliphatic rings. The van der Waals surface area contributed by atoms with Gasteiger partial charge in [0.15, 0.2) is 0 Å². The molecule has 4 heteroatoms. The van der Waals surface area contributed by atoms with Gasteiger partial charge in [-0.05, 0) is 38.0 Å². The Hall–Kier alpha value is -1.32. The van der Waals surface area contributed by atoms with Crippen molar-refractivity contribution in [3.05, 3.63) is 11.1 Å². The van der Waals surface area contributed by atoms with Crippen LogP contribution in [0.2, 0.25) is 0 Å². The molecular weight excluding hydrogens is 364 g/mol. The summed E-state index contributed by atoms with van der Waals surface area (Å²) >= 11 is 0. The third-order valence-electron chi connectivity index (χ3n) is 6.44. The van der Waals surface area contributed by atoms with Crippen LogP contribution in [0.1, 0.15) is 110 Å². The highest BCUT2D eigenvalue weighted by atomic mass is 16.5. The summed E-state index contributed by atoms with van der Waals surface area (Å²) in [5.74, 6) is -0.600. The topological polar surface area (TPSA) is 52.6 Å². The maximum atomic E-state index is 12.7. The minimum Gasteiger partial charge on any atom is -0.465 e. The Labute approximate surface area is 177 Å². The molecule has 29 heavy (non-hydrogen) atoms. The van der Waals surface area contributed by atoms with E-state index in [0.29, 0.717) is 18.8 Å². The van der Waals surface area contributed by atoms with Gasteiger partial charge in [0.2, 0.25) is 0 Å². The van der Waals surface area contributed by atoms with Gasteiger partial charge in [-0.3, -0.25) is 4.79 Å². The minimum atomic E-state index is -0.379. The molecule has 1 saturated carbocycles. The average Bonchev–Trinajstić information content (AvgIpc) is 3.34. The summed E-state index contributed by atoms with van der Waals surface area (Å²) in [7, 11) is 0. The van der Waals surface area contributed by atoms with Crippen LogP contribution >= 0.6 is 0 Å². The molecular formula is C25H42O4. The van der Waals surface area contributed by atoms with Gasteiger partial charge in [0.05, 0.1) is 24.7 Å². The van der Waals surface area contributed by atoms with Gasteiger partial charge in [-0.1, -0.05) is 83.6 Å². The van der Waals surface area contributed by atoms with E-state index in [9.17, 15) is 9.59 Å². The van der Waals surface area contributed by atoms with Crippen molar-refractivity contribution in [1.29, 1.82) is 0 Å². The molecule has 0 aromatic carbocycles. The molecule has 4 nitrogen and oxygen atoms in total. The predicted octanol–water partition coefficient (Wildman–Crippen LogP) is 6.52. The van der Waals surface area contributed by atoms with Crippen LogP contribution < -0.4 is 0 Å². The SMILES string of the molecule is CCCCCCCCOC(=O)C1=C2CCC(C2)C1C(=O)OCCCCCCCC. The number of allylic oxidation sites excluding steroid dienone is 1. The molecule has 0 N–H and O–H groups in total. The van der Waals surface area contributed by atoms with Crippen LogP contribution in [-0.4, -0.2) is 25.2 Å². The van der Waals surface area contributed by atoms with Gasteiger partial charge < -0.3 is 9.47 Å². The van der Waals surface area contributed by atoms with E-state index in [1.807, 2.05) is 0 Å². The standard InChI is InChI=1S/C25H42O4/c1-3-5-7-9-11-13-17-28-24(26)22-20-15-16-21(19-20)23(22)25(27)29-18-14-12-10-8-6-4-2/h20,22H,3-19H2,1-2H3. The van der Waals surface area contributed by atoms with Gasteiger partial charge in [-0.2, -0.15) is 0 Å². The highest BCUT2D eigenvalue weighted by Gasteiger charge is 2.47. The first-order chi connectivity index (χ1) is 14.2. The normalized spacial score (nSPS) is 20.3. The molecule has 0 radical (unpaired) electrons. The minimum absolute atomic E-state index is 0.204. The van der Waals surface area contributed by atoms with Crippen LogP contribution in [0, 0.1) is 11.8 Å². The number of carbonyl (C=O) groups is 2. The summed E-state index contributed by atoms with van der Waals surface area (Å²) in [6, 6.07) is 0. The molecule has 0 heterocycles. The average molecular weight is 407 g/mol. The molecule has 2 aliphatic carbocycles. The van der Waals surface area contributed by atoms with Crippen molar-refractivity contribution in [2.45, 2.75) is 110 Å². The van der Waals surface area contributed by atoms with E-state index in [0.717, 1.165) is 50.5 Å². The molecule has 0 aromatic heterocycles. The molecule has 2 unspecified atom stereocenters. The van der Waals surface area contributed by atoms with Crippen molar-refractivity contribution in [1.82, 2.24) is 0 Å². The molecule has 2 rings (SSSR count). The largest absolute Gasteiger partial charge is 0.465 e. The number of hydrogen-bond donors (Lipinski definition) is 0. The van der Waals surface area contributed by atoms with Gasteiger partial charge in [-0.25, -0.2) is 4.79 Å². The number of fused-ring (bicyclic) bond motifs is 2. The zero-order chi connectivity index (χ0) is 20.9. The summed E-state index contributed by atoms with van der Waals surface area (Å²) in [6.07, 6.45) is 16.8. The van der Waals surface area contributed by atoms with Crippen LogP contribution in [0.25, 0.3) is 0 Å². The second kappa shape index (κ2) is 13.8. The molecule has 166 valence electrons. The Morgan fingerprint density at radius 1 is 0.793 bits per heavy atom. The summed E-state index contributed by atoms with van der Waals surface area (Å²) in [5, 5.41) is 0. The van der Waals surface area contributed by atoms with E-state index in [4.69, 9.17) is 9.47 Å². The van der Waals surface area contributed by atoms with Crippen molar-refractivity contribution in [3.8, 4) is 0 Å². The summed E-state index contributed by atoms with van der Waals surface area (Å²) in [5.41, 5.74) is 1.78. The fourth-order valence-corrected chi connectivity index (χ4v) is 4.72. The fraction of sp³-hybridized carbons (Fsp3) is 0.840. The Balaban J connectivity index is 1.71. The van der Waals surface area contributed by atoms with Gasteiger partial charge in [0.1, 0.15) is 0 Å². The highest BCUT2D eigenvalue weighted by molar-refractivity contribution is 5.97. The van der Waals surface area contributed by atoms with Gasteiger partial charge in [-0.15, -0.1) is 0 Å². The Bertz CT molecular complexity index is 537. The lowest BCUT2D eigenvalue weighted by Crippen LogP contribution is -2.29. The first-order valence-electron chi connectivity index (χ1n) is 12.2. The number of ether oxygens (including phenoxy) is 2. The third-order valence-corrected chi connectivity index (χ3v) is 6.44. The predicted molar refractivity (Wildman–Crippen MR) is 117 cm³/mol. The number of unbranched alkanes of at least 4 members (excludes halogenated alkanes) is 10. The van der Waals surface area contributed by atoms with Crippen molar-refractivity contribution in [3.63, 3.8) is 0 Å². The van der Waals surface area contributed by atoms with Crippen molar-refractivity contribution >= 4 is 11.9 Å². The summed E-state index contributed by atoms with van der Waals surface area (Å²) < 4.78 is 11.1. The lowest BCUT2D eigenvalue weighted by molar-refractivity contribution is -0.152. The molecule has 0 aromatic rings. The van der Waals surface area contributed by atoms with Gasteiger partial charge in [0.25, 0.3) is 0 Å². The number of hydrogen-bond acceptors (Lipinski definition) is 4. The molecule has 0 spiro atoms. The zero-order valence-corrected chi connectivity index (χ0v) is 18.8. The highest BCUT2D eigenvalue weighted by Crippen LogP contribution is 2.49. The maximum Gasteiger partial charge on any atom is 0.334 e. The van der Waals surface area contributed by atoms with Crippen molar-refractivity contribution < 1.29 is 19.1 Å². The smallest absolute Gasteiger partial charge is 0.334 e. The number of esters is 2. The van der Waals surface area contributed by atoms with Crippen molar-refractivity contribution in [2.75, 3.05) is 13.2 Å². The number of carbonyl (C=O) groups excluding carboxylic acids is 2. The van der Waals surface area contributed by atoms with E-state index in [1.54, 1.807) is 0 Å². The molecule has 0 aliphatic heterocycles. The molecule has 0 saturated heterocycles. The Morgan fingerprint density at radius 3 is 1.97 bits per heavy atom.